The zero-order chi connectivity index (χ0) is 22.3. The third kappa shape index (κ3) is 7.05. The highest BCUT2D eigenvalue weighted by Crippen LogP contribution is 2.25. The molecule has 0 aliphatic carbocycles. The molecule has 1 aliphatic heterocycles. The molecule has 11 heteroatoms. The number of carbonyl (C=O) groups excluding carboxylic acids is 2. The summed E-state index contributed by atoms with van der Waals surface area (Å²) < 4.78 is 40.6. The van der Waals surface area contributed by atoms with Gasteiger partial charge in [0.15, 0.2) is 0 Å². The van der Waals surface area contributed by atoms with Crippen molar-refractivity contribution < 1.29 is 27.5 Å². The van der Waals surface area contributed by atoms with Crippen molar-refractivity contribution in [3.05, 3.63) is 48.7 Å². The van der Waals surface area contributed by atoms with Crippen molar-refractivity contribution >= 4 is 23.4 Å². The number of urea groups is 1. The van der Waals surface area contributed by atoms with Crippen molar-refractivity contribution in [2.45, 2.75) is 12.8 Å². The van der Waals surface area contributed by atoms with Gasteiger partial charge in [0.25, 0.3) is 0 Å². The second-order valence-corrected chi connectivity index (χ2v) is 6.76. The molecule has 166 valence electrons. The number of nitrogens with zero attached hydrogens (tertiary/aromatic N) is 3. The van der Waals surface area contributed by atoms with E-state index in [-0.39, 0.29) is 24.6 Å². The lowest BCUT2D eigenvalue weighted by molar-refractivity contribution is -0.274. The summed E-state index contributed by atoms with van der Waals surface area (Å²) in [4.78, 5) is 32.4. The quantitative estimate of drug-likeness (QED) is 0.726. The van der Waals surface area contributed by atoms with Crippen LogP contribution < -0.4 is 20.3 Å². The standard InChI is InChI=1S/C20H22F3N5O3/c21-20(22,23)31-16-5-3-4-15(14-16)26-19(30)25-9-7-18(29)28-12-10-27(11-13-28)17-6-1-2-8-24-17/h1-6,8,14H,7,9-13H2,(H2,25,26,30). The highest BCUT2D eigenvalue weighted by Gasteiger charge is 2.31. The molecule has 2 aromatic rings. The second-order valence-electron chi connectivity index (χ2n) is 6.76. The largest absolute Gasteiger partial charge is 0.573 e. The number of nitrogens with one attached hydrogen (secondary N) is 2. The number of amides is 3. The van der Waals surface area contributed by atoms with Crippen LogP contribution >= 0.6 is 0 Å². The number of anilines is 2. The summed E-state index contributed by atoms with van der Waals surface area (Å²) in [6.45, 7) is 2.57. The van der Waals surface area contributed by atoms with Crippen LogP contribution in [0.4, 0.5) is 29.5 Å². The Hall–Kier alpha value is -3.50. The Morgan fingerprint density at radius 3 is 2.52 bits per heavy atom. The highest BCUT2D eigenvalue weighted by atomic mass is 19.4. The van der Waals surface area contributed by atoms with E-state index in [1.165, 1.54) is 12.1 Å². The number of piperazine rings is 1. The van der Waals surface area contributed by atoms with Gasteiger partial charge in [0.1, 0.15) is 11.6 Å². The molecule has 8 nitrogen and oxygen atoms in total. The monoisotopic (exact) mass is 437 g/mol. The maximum Gasteiger partial charge on any atom is 0.573 e. The summed E-state index contributed by atoms with van der Waals surface area (Å²) in [7, 11) is 0. The van der Waals surface area contributed by atoms with Crippen LogP contribution in [0, 0.1) is 0 Å². The number of hydrogen-bond donors (Lipinski definition) is 2. The molecule has 0 radical (unpaired) electrons. The minimum Gasteiger partial charge on any atom is -0.406 e. The fraction of sp³-hybridized carbons (Fsp3) is 0.350. The van der Waals surface area contributed by atoms with Gasteiger partial charge in [-0.05, 0) is 24.3 Å². The topological polar surface area (TPSA) is 86.8 Å². The molecule has 0 saturated carbocycles. The smallest absolute Gasteiger partial charge is 0.406 e. The molecule has 1 aliphatic rings. The number of carbonyl (C=O) groups is 2. The molecule has 0 spiro atoms. The molecule has 3 amide bonds. The SMILES string of the molecule is O=C(NCCC(=O)N1CCN(c2ccccn2)CC1)Nc1cccc(OC(F)(F)F)c1. The zero-order valence-corrected chi connectivity index (χ0v) is 16.6. The number of alkyl halides is 3. The Labute approximate surface area is 177 Å². The average Bonchev–Trinajstić information content (AvgIpc) is 2.73. The van der Waals surface area contributed by atoms with E-state index in [1.807, 2.05) is 18.2 Å². The Morgan fingerprint density at radius 1 is 1.06 bits per heavy atom. The molecule has 3 rings (SSSR count). The van der Waals surface area contributed by atoms with E-state index in [0.717, 1.165) is 18.0 Å². The first-order valence-corrected chi connectivity index (χ1v) is 9.64. The molecule has 2 heterocycles. The Bertz CT molecular complexity index is 887. The van der Waals surface area contributed by atoms with Crippen molar-refractivity contribution in [1.82, 2.24) is 15.2 Å². The predicted molar refractivity (Wildman–Crippen MR) is 108 cm³/mol. The van der Waals surface area contributed by atoms with Gasteiger partial charge >= 0.3 is 12.4 Å². The summed E-state index contributed by atoms with van der Waals surface area (Å²) in [5, 5.41) is 4.93. The van der Waals surface area contributed by atoms with E-state index < -0.39 is 18.1 Å². The van der Waals surface area contributed by atoms with Gasteiger partial charge in [-0.25, -0.2) is 9.78 Å². The van der Waals surface area contributed by atoms with Gasteiger partial charge < -0.3 is 25.2 Å². The van der Waals surface area contributed by atoms with Gasteiger partial charge in [0, 0.05) is 57.1 Å². The molecular formula is C20H22F3N5O3. The lowest BCUT2D eigenvalue weighted by atomic mass is 10.2. The van der Waals surface area contributed by atoms with Crippen LogP contribution in [-0.2, 0) is 4.79 Å². The van der Waals surface area contributed by atoms with Gasteiger partial charge in [-0.15, -0.1) is 13.2 Å². The van der Waals surface area contributed by atoms with E-state index in [4.69, 9.17) is 0 Å². The molecular weight excluding hydrogens is 415 g/mol. The predicted octanol–water partition coefficient (Wildman–Crippen LogP) is 2.84. The van der Waals surface area contributed by atoms with E-state index in [2.05, 4.69) is 25.3 Å². The minimum atomic E-state index is -4.82. The van der Waals surface area contributed by atoms with Crippen LogP contribution in [0.5, 0.6) is 5.75 Å². The summed E-state index contributed by atoms with van der Waals surface area (Å²) in [6, 6.07) is 9.99. The number of pyridine rings is 1. The Morgan fingerprint density at radius 2 is 1.84 bits per heavy atom. The molecule has 1 aromatic heterocycles. The highest BCUT2D eigenvalue weighted by molar-refractivity contribution is 5.89. The van der Waals surface area contributed by atoms with Gasteiger partial charge in [-0.3, -0.25) is 4.79 Å². The number of benzene rings is 1. The van der Waals surface area contributed by atoms with Crippen LogP contribution in [0.3, 0.4) is 0 Å². The third-order valence-electron chi connectivity index (χ3n) is 4.56. The molecule has 1 fully saturated rings. The maximum atomic E-state index is 12.4. The van der Waals surface area contributed by atoms with E-state index in [0.29, 0.717) is 26.2 Å². The van der Waals surface area contributed by atoms with Crippen molar-refractivity contribution in [2.75, 3.05) is 42.9 Å². The molecule has 0 atom stereocenters. The van der Waals surface area contributed by atoms with Crippen LogP contribution in [0.2, 0.25) is 0 Å². The lowest BCUT2D eigenvalue weighted by Crippen LogP contribution is -2.49. The third-order valence-corrected chi connectivity index (χ3v) is 4.56. The molecule has 1 aromatic carbocycles. The summed E-state index contributed by atoms with van der Waals surface area (Å²) >= 11 is 0. The number of halogens is 3. The van der Waals surface area contributed by atoms with Crippen LogP contribution in [0.25, 0.3) is 0 Å². The van der Waals surface area contributed by atoms with E-state index in [9.17, 15) is 22.8 Å². The maximum absolute atomic E-state index is 12.4. The molecule has 31 heavy (non-hydrogen) atoms. The first kappa shape index (κ1) is 22.2. The molecule has 0 unspecified atom stereocenters. The van der Waals surface area contributed by atoms with Crippen LogP contribution in [0.15, 0.2) is 48.7 Å². The average molecular weight is 437 g/mol. The fourth-order valence-electron chi connectivity index (χ4n) is 3.11. The first-order valence-electron chi connectivity index (χ1n) is 9.64. The fourth-order valence-corrected chi connectivity index (χ4v) is 3.11. The number of rotatable bonds is 6. The second kappa shape index (κ2) is 10.0. The van der Waals surface area contributed by atoms with E-state index in [1.54, 1.807) is 11.1 Å². The minimum absolute atomic E-state index is 0.0819. The van der Waals surface area contributed by atoms with Gasteiger partial charge in [-0.2, -0.15) is 0 Å². The summed E-state index contributed by atoms with van der Waals surface area (Å²) in [5.74, 6) is 0.351. The molecule has 0 bridgehead atoms. The number of ether oxygens (including phenoxy) is 1. The van der Waals surface area contributed by atoms with Crippen molar-refractivity contribution in [2.24, 2.45) is 0 Å². The Balaban J connectivity index is 1.38. The number of hydrogen-bond acceptors (Lipinski definition) is 5. The summed E-state index contributed by atoms with van der Waals surface area (Å²) in [5.41, 5.74) is 0.135. The van der Waals surface area contributed by atoms with Gasteiger partial charge in [0.05, 0.1) is 0 Å². The van der Waals surface area contributed by atoms with Gasteiger partial charge in [0.2, 0.25) is 5.91 Å². The van der Waals surface area contributed by atoms with Gasteiger partial charge in [-0.1, -0.05) is 12.1 Å². The van der Waals surface area contributed by atoms with Crippen molar-refractivity contribution in [3.63, 3.8) is 0 Å². The van der Waals surface area contributed by atoms with Crippen molar-refractivity contribution in [1.29, 1.82) is 0 Å². The zero-order valence-electron chi connectivity index (χ0n) is 16.6. The summed E-state index contributed by atoms with van der Waals surface area (Å²) in [6.07, 6.45) is -2.97. The first-order chi connectivity index (χ1) is 14.8. The Kier molecular flexibility index (Phi) is 7.16. The molecule has 2 N–H and O–H groups in total. The lowest BCUT2D eigenvalue weighted by Gasteiger charge is -2.35. The van der Waals surface area contributed by atoms with E-state index >= 15 is 0 Å². The van der Waals surface area contributed by atoms with Crippen LogP contribution in [0.1, 0.15) is 6.42 Å². The normalized spacial score (nSPS) is 14.2. The van der Waals surface area contributed by atoms with Crippen LogP contribution in [-0.4, -0.2) is 60.9 Å². The van der Waals surface area contributed by atoms with Crippen molar-refractivity contribution in [3.8, 4) is 5.75 Å². The molecule has 1 saturated heterocycles. The number of aromatic nitrogens is 1.